The number of hydrogen-bond acceptors (Lipinski definition) is 2. The molecule has 1 heterocycles. The number of hydrogen-bond donors (Lipinski definition) is 1. The highest BCUT2D eigenvalue weighted by molar-refractivity contribution is 6.33. The number of rotatable bonds is 4. The molecule has 22 heavy (non-hydrogen) atoms. The van der Waals surface area contributed by atoms with Crippen LogP contribution in [-0.2, 0) is 4.79 Å². The molecule has 1 N–H and O–H groups in total. The number of amides is 2. The van der Waals surface area contributed by atoms with Crippen LogP contribution in [0.1, 0.15) is 37.0 Å². The van der Waals surface area contributed by atoms with Gasteiger partial charge in [-0.15, -0.1) is 0 Å². The van der Waals surface area contributed by atoms with Crippen molar-refractivity contribution in [1.29, 1.82) is 0 Å². The number of nitrogens with one attached hydrogen (secondary N) is 1. The molecule has 1 saturated heterocycles. The summed E-state index contributed by atoms with van der Waals surface area (Å²) >= 11 is 5.90. The van der Waals surface area contributed by atoms with Crippen molar-refractivity contribution >= 4 is 23.4 Å². The minimum absolute atomic E-state index is 0.0358. The van der Waals surface area contributed by atoms with Gasteiger partial charge in [0.1, 0.15) is 11.9 Å². The van der Waals surface area contributed by atoms with E-state index in [1.165, 1.54) is 18.2 Å². The number of nitrogens with zero attached hydrogens (tertiary/aromatic N) is 1. The first-order valence-electron chi connectivity index (χ1n) is 7.45. The van der Waals surface area contributed by atoms with Crippen molar-refractivity contribution in [3.05, 3.63) is 34.6 Å². The highest BCUT2D eigenvalue weighted by atomic mass is 35.5. The highest BCUT2D eigenvalue weighted by Gasteiger charge is 2.31. The average molecular weight is 327 g/mol. The second kappa shape index (κ2) is 7.09. The van der Waals surface area contributed by atoms with Crippen LogP contribution in [0.5, 0.6) is 0 Å². The summed E-state index contributed by atoms with van der Waals surface area (Å²) in [5.41, 5.74) is -0.218. The van der Waals surface area contributed by atoms with Crippen LogP contribution in [0, 0.1) is 11.7 Å². The molecule has 0 saturated carbocycles. The summed E-state index contributed by atoms with van der Waals surface area (Å²) in [6.07, 6.45) is 1.95. The van der Waals surface area contributed by atoms with E-state index in [0.29, 0.717) is 13.1 Å². The molecule has 0 radical (unpaired) electrons. The molecule has 0 bridgehead atoms. The molecule has 1 aliphatic rings. The molecular formula is C16H20ClFN2O2. The lowest BCUT2D eigenvalue weighted by Crippen LogP contribution is -2.50. The number of carbonyl (C=O) groups excluding carboxylic acids is 2. The predicted molar refractivity (Wildman–Crippen MR) is 83.3 cm³/mol. The van der Waals surface area contributed by atoms with Gasteiger partial charge in [0.15, 0.2) is 0 Å². The van der Waals surface area contributed by atoms with E-state index >= 15 is 0 Å². The van der Waals surface area contributed by atoms with Gasteiger partial charge in [0.05, 0.1) is 10.6 Å². The normalized spacial score (nSPS) is 16.0. The first-order chi connectivity index (χ1) is 10.4. The third kappa shape index (κ3) is 3.58. The zero-order valence-electron chi connectivity index (χ0n) is 12.7. The van der Waals surface area contributed by atoms with Gasteiger partial charge in [0, 0.05) is 13.1 Å². The number of carbonyl (C=O) groups is 2. The van der Waals surface area contributed by atoms with E-state index in [1.807, 2.05) is 13.8 Å². The molecule has 1 aromatic carbocycles. The van der Waals surface area contributed by atoms with Crippen molar-refractivity contribution in [3.8, 4) is 0 Å². The maximum atomic E-state index is 13.8. The van der Waals surface area contributed by atoms with Crippen molar-refractivity contribution in [1.82, 2.24) is 10.2 Å². The second-order valence-electron chi connectivity index (χ2n) is 5.82. The van der Waals surface area contributed by atoms with Crippen LogP contribution < -0.4 is 5.32 Å². The Morgan fingerprint density at radius 2 is 1.91 bits per heavy atom. The van der Waals surface area contributed by atoms with Gasteiger partial charge in [-0.1, -0.05) is 31.5 Å². The molecular weight excluding hydrogens is 307 g/mol. The zero-order valence-corrected chi connectivity index (χ0v) is 13.5. The predicted octanol–water partition coefficient (Wildman–Crippen LogP) is 2.86. The summed E-state index contributed by atoms with van der Waals surface area (Å²) in [7, 11) is 0. The van der Waals surface area contributed by atoms with Crippen LogP contribution in [0.2, 0.25) is 5.02 Å². The van der Waals surface area contributed by atoms with Gasteiger partial charge in [-0.05, 0) is 30.9 Å². The Labute approximate surface area is 134 Å². The van der Waals surface area contributed by atoms with Crippen LogP contribution >= 0.6 is 11.6 Å². The maximum absolute atomic E-state index is 13.8. The fourth-order valence-corrected chi connectivity index (χ4v) is 2.82. The lowest BCUT2D eigenvalue weighted by atomic mass is 10.0. The fourth-order valence-electron chi connectivity index (χ4n) is 2.58. The van der Waals surface area contributed by atoms with Crippen LogP contribution in [0.25, 0.3) is 0 Å². The molecule has 4 nitrogen and oxygen atoms in total. The third-order valence-electron chi connectivity index (χ3n) is 3.83. The van der Waals surface area contributed by atoms with Gasteiger partial charge >= 0.3 is 0 Å². The third-order valence-corrected chi connectivity index (χ3v) is 4.14. The summed E-state index contributed by atoms with van der Waals surface area (Å²) in [6, 6.07) is 3.38. The van der Waals surface area contributed by atoms with E-state index < -0.39 is 17.8 Å². The minimum atomic E-state index is -0.693. The standard InChI is InChI=1S/C16H20ClFN2O2/c1-10(2)14(16(22)20-8-3-4-9-20)19-15(21)13-11(17)6-5-7-12(13)18/h5-7,10,14H,3-4,8-9H2,1-2H3,(H,19,21)/t14-/m0/s1. The Kier molecular flexibility index (Phi) is 5.40. The Bertz CT molecular complexity index is 551. The van der Waals surface area contributed by atoms with Crippen LogP contribution in [0.15, 0.2) is 18.2 Å². The van der Waals surface area contributed by atoms with E-state index in [1.54, 1.807) is 4.90 Å². The molecule has 6 heteroatoms. The molecule has 2 rings (SSSR count). The average Bonchev–Trinajstić information content (AvgIpc) is 2.97. The van der Waals surface area contributed by atoms with Crippen molar-refractivity contribution < 1.29 is 14.0 Å². The smallest absolute Gasteiger partial charge is 0.256 e. The number of halogens is 2. The lowest BCUT2D eigenvalue weighted by Gasteiger charge is -2.26. The minimum Gasteiger partial charge on any atom is -0.341 e. The quantitative estimate of drug-likeness (QED) is 0.925. The van der Waals surface area contributed by atoms with Gasteiger partial charge in [0.25, 0.3) is 5.91 Å². The molecule has 120 valence electrons. The highest BCUT2D eigenvalue weighted by Crippen LogP contribution is 2.20. The van der Waals surface area contributed by atoms with Gasteiger partial charge in [0.2, 0.25) is 5.91 Å². The SMILES string of the molecule is CC(C)[C@H](NC(=O)c1c(F)cccc1Cl)C(=O)N1CCCC1. The molecule has 0 aromatic heterocycles. The van der Waals surface area contributed by atoms with Gasteiger partial charge in [-0.25, -0.2) is 4.39 Å². The summed E-state index contributed by atoms with van der Waals surface area (Å²) < 4.78 is 13.8. The van der Waals surface area contributed by atoms with Gasteiger partial charge in [-0.3, -0.25) is 9.59 Å². The summed E-state index contributed by atoms with van der Waals surface area (Å²) in [6.45, 7) is 5.11. The van der Waals surface area contributed by atoms with Crippen molar-refractivity contribution in [3.63, 3.8) is 0 Å². The number of benzene rings is 1. The van der Waals surface area contributed by atoms with Gasteiger partial charge < -0.3 is 10.2 Å². The van der Waals surface area contributed by atoms with Crippen LogP contribution in [0.4, 0.5) is 4.39 Å². The largest absolute Gasteiger partial charge is 0.341 e. The molecule has 1 fully saturated rings. The van der Waals surface area contributed by atoms with E-state index in [-0.39, 0.29) is 22.4 Å². The maximum Gasteiger partial charge on any atom is 0.256 e. The van der Waals surface area contributed by atoms with E-state index in [2.05, 4.69) is 5.32 Å². The molecule has 0 unspecified atom stereocenters. The van der Waals surface area contributed by atoms with E-state index in [4.69, 9.17) is 11.6 Å². The zero-order chi connectivity index (χ0) is 16.3. The summed E-state index contributed by atoms with van der Waals surface area (Å²) in [4.78, 5) is 26.6. The lowest BCUT2D eigenvalue weighted by molar-refractivity contribution is -0.133. The topological polar surface area (TPSA) is 49.4 Å². The summed E-state index contributed by atoms with van der Waals surface area (Å²) in [5.74, 6) is -1.56. The van der Waals surface area contributed by atoms with Crippen LogP contribution in [-0.4, -0.2) is 35.8 Å². The summed E-state index contributed by atoms with van der Waals surface area (Å²) in [5, 5.41) is 2.67. The molecule has 2 amide bonds. The molecule has 0 aliphatic carbocycles. The van der Waals surface area contributed by atoms with Crippen LogP contribution in [0.3, 0.4) is 0 Å². The van der Waals surface area contributed by atoms with Gasteiger partial charge in [-0.2, -0.15) is 0 Å². The first kappa shape index (κ1) is 16.7. The first-order valence-corrected chi connectivity index (χ1v) is 7.83. The Hall–Kier alpha value is -1.62. The Morgan fingerprint density at radius 1 is 1.27 bits per heavy atom. The van der Waals surface area contributed by atoms with Crippen molar-refractivity contribution in [2.75, 3.05) is 13.1 Å². The van der Waals surface area contributed by atoms with E-state index in [0.717, 1.165) is 12.8 Å². The van der Waals surface area contributed by atoms with E-state index in [9.17, 15) is 14.0 Å². The Balaban J connectivity index is 2.17. The molecule has 1 atom stereocenters. The molecule has 0 spiro atoms. The van der Waals surface area contributed by atoms with Crippen molar-refractivity contribution in [2.45, 2.75) is 32.7 Å². The molecule has 1 aliphatic heterocycles. The molecule has 1 aromatic rings. The Morgan fingerprint density at radius 3 is 2.45 bits per heavy atom. The fraction of sp³-hybridized carbons (Fsp3) is 0.500. The number of likely N-dealkylation sites (tertiary alicyclic amines) is 1. The second-order valence-corrected chi connectivity index (χ2v) is 6.23. The monoisotopic (exact) mass is 326 g/mol. The van der Waals surface area contributed by atoms with Crippen molar-refractivity contribution in [2.24, 2.45) is 5.92 Å².